The molecule has 6 heteroatoms. The van der Waals surface area contributed by atoms with Gasteiger partial charge in [0.15, 0.2) is 17.1 Å². The fourth-order valence-electron chi connectivity index (χ4n) is 2.44. The van der Waals surface area contributed by atoms with Crippen molar-refractivity contribution >= 4 is 16.9 Å². The Bertz CT molecular complexity index is 778. The number of benzene rings is 1. The SMILES string of the molecule is O=C(O)Cc1cc(=O)c2cc(F)c(F)cc2n1C1CC1. The minimum absolute atomic E-state index is 0.0531. The van der Waals surface area contributed by atoms with Gasteiger partial charge in [-0.2, -0.15) is 0 Å². The van der Waals surface area contributed by atoms with Crippen LogP contribution in [0.15, 0.2) is 23.0 Å². The highest BCUT2D eigenvalue weighted by Gasteiger charge is 2.28. The summed E-state index contributed by atoms with van der Waals surface area (Å²) in [6, 6.07) is 3.09. The highest BCUT2D eigenvalue weighted by molar-refractivity contribution is 5.81. The van der Waals surface area contributed by atoms with Gasteiger partial charge in [0, 0.05) is 29.3 Å². The Morgan fingerprint density at radius 3 is 2.50 bits per heavy atom. The summed E-state index contributed by atoms with van der Waals surface area (Å²) in [6.07, 6.45) is 1.36. The van der Waals surface area contributed by atoms with Crippen LogP contribution < -0.4 is 5.43 Å². The van der Waals surface area contributed by atoms with Crippen molar-refractivity contribution in [3.8, 4) is 0 Å². The molecular formula is C14H11F2NO3. The number of hydrogen-bond acceptors (Lipinski definition) is 2. The summed E-state index contributed by atoms with van der Waals surface area (Å²) < 4.78 is 28.3. The van der Waals surface area contributed by atoms with Crippen molar-refractivity contribution in [2.75, 3.05) is 0 Å². The first-order chi connectivity index (χ1) is 9.47. The molecule has 0 bridgehead atoms. The molecule has 2 aromatic rings. The second-order valence-electron chi connectivity index (χ2n) is 4.96. The highest BCUT2D eigenvalue weighted by atomic mass is 19.2. The lowest BCUT2D eigenvalue weighted by molar-refractivity contribution is -0.136. The van der Waals surface area contributed by atoms with Crippen LogP contribution in [0.25, 0.3) is 10.9 Å². The van der Waals surface area contributed by atoms with Crippen molar-refractivity contribution in [3.63, 3.8) is 0 Å². The number of carboxylic acids is 1. The molecule has 20 heavy (non-hydrogen) atoms. The average molecular weight is 279 g/mol. The van der Waals surface area contributed by atoms with Crippen LogP contribution in [0.5, 0.6) is 0 Å². The van der Waals surface area contributed by atoms with E-state index in [-0.39, 0.29) is 23.4 Å². The predicted molar refractivity (Wildman–Crippen MR) is 67.7 cm³/mol. The molecule has 1 aliphatic rings. The van der Waals surface area contributed by atoms with Gasteiger partial charge in [0.1, 0.15) is 0 Å². The molecule has 3 rings (SSSR count). The number of halogens is 2. The van der Waals surface area contributed by atoms with E-state index in [4.69, 9.17) is 5.11 Å². The van der Waals surface area contributed by atoms with Gasteiger partial charge >= 0.3 is 5.97 Å². The van der Waals surface area contributed by atoms with E-state index >= 15 is 0 Å². The van der Waals surface area contributed by atoms with E-state index in [9.17, 15) is 18.4 Å². The van der Waals surface area contributed by atoms with Crippen molar-refractivity contribution in [1.82, 2.24) is 4.57 Å². The lowest BCUT2D eigenvalue weighted by Gasteiger charge is -2.15. The second-order valence-corrected chi connectivity index (χ2v) is 4.96. The second kappa shape index (κ2) is 4.40. The summed E-state index contributed by atoms with van der Waals surface area (Å²) in [6.45, 7) is 0. The first-order valence-electron chi connectivity index (χ1n) is 6.22. The summed E-state index contributed by atoms with van der Waals surface area (Å²) in [5, 5.41) is 8.98. The van der Waals surface area contributed by atoms with Crippen molar-refractivity contribution in [2.24, 2.45) is 0 Å². The number of pyridine rings is 1. The van der Waals surface area contributed by atoms with Gasteiger partial charge in [-0.1, -0.05) is 0 Å². The molecule has 1 heterocycles. The van der Waals surface area contributed by atoms with Gasteiger partial charge in [0.2, 0.25) is 0 Å². The Morgan fingerprint density at radius 1 is 1.25 bits per heavy atom. The lowest BCUT2D eigenvalue weighted by Crippen LogP contribution is -2.17. The van der Waals surface area contributed by atoms with Gasteiger partial charge in [-0.05, 0) is 18.9 Å². The molecule has 1 aliphatic carbocycles. The normalized spacial score (nSPS) is 14.7. The standard InChI is InChI=1S/C14H11F2NO3/c15-10-5-9-12(6-11(10)16)17(7-1-2-7)8(3-13(9)18)4-14(19)20/h3,5-7H,1-2,4H2,(H,19,20). The average Bonchev–Trinajstić information content (AvgIpc) is 3.15. The van der Waals surface area contributed by atoms with Crippen LogP contribution in [-0.2, 0) is 11.2 Å². The third-order valence-corrected chi connectivity index (χ3v) is 3.42. The van der Waals surface area contributed by atoms with E-state index in [1.165, 1.54) is 6.07 Å². The minimum Gasteiger partial charge on any atom is -0.481 e. The molecule has 0 saturated heterocycles. The zero-order valence-corrected chi connectivity index (χ0v) is 10.4. The maximum absolute atomic E-state index is 13.4. The van der Waals surface area contributed by atoms with Gasteiger partial charge in [-0.15, -0.1) is 0 Å². The molecule has 0 unspecified atom stereocenters. The summed E-state index contributed by atoms with van der Waals surface area (Å²) in [4.78, 5) is 22.8. The third kappa shape index (κ3) is 2.07. The molecule has 0 atom stereocenters. The molecular weight excluding hydrogens is 268 g/mol. The maximum atomic E-state index is 13.4. The van der Waals surface area contributed by atoms with Crippen LogP contribution in [0.3, 0.4) is 0 Å². The molecule has 1 aromatic carbocycles. The molecule has 0 aliphatic heterocycles. The van der Waals surface area contributed by atoms with E-state index in [2.05, 4.69) is 0 Å². The monoisotopic (exact) mass is 279 g/mol. The molecule has 4 nitrogen and oxygen atoms in total. The quantitative estimate of drug-likeness (QED) is 0.937. The van der Waals surface area contributed by atoms with Gasteiger partial charge < -0.3 is 9.67 Å². The topological polar surface area (TPSA) is 59.3 Å². The van der Waals surface area contributed by atoms with Crippen molar-refractivity contribution < 1.29 is 18.7 Å². The first kappa shape index (κ1) is 12.8. The highest BCUT2D eigenvalue weighted by Crippen LogP contribution is 2.38. The van der Waals surface area contributed by atoms with E-state index in [1.807, 2.05) is 0 Å². The van der Waals surface area contributed by atoms with E-state index in [0.29, 0.717) is 5.69 Å². The number of rotatable bonds is 3. The molecule has 0 radical (unpaired) electrons. The Kier molecular flexibility index (Phi) is 2.81. The summed E-state index contributed by atoms with van der Waals surface area (Å²) in [5.41, 5.74) is 0.0886. The molecule has 1 saturated carbocycles. The van der Waals surface area contributed by atoms with Crippen LogP contribution in [0, 0.1) is 11.6 Å². The number of nitrogens with zero attached hydrogens (tertiary/aromatic N) is 1. The number of carboxylic acid groups (broad SMARTS) is 1. The zero-order chi connectivity index (χ0) is 14.4. The zero-order valence-electron chi connectivity index (χ0n) is 10.4. The fraction of sp³-hybridized carbons (Fsp3) is 0.286. The van der Waals surface area contributed by atoms with E-state index < -0.39 is 23.0 Å². The van der Waals surface area contributed by atoms with E-state index in [1.54, 1.807) is 4.57 Å². The summed E-state index contributed by atoms with van der Waals surface area (Å²) in [7, 11) is 0. The van der Waals surface area contributed by atoms with Crippen molar-refractivity contribution in [3.05, 3.63) is 45.8 Å². The van der Waals surface area contributed by atoms with Crippen LogP contribution in [0.2, 0.25) is 0 Å². The predicted octanol–water partition coefficient (Wildman–Crippen LogP) is 2.24. The van der Waals surface area contributed by atoms with Crippen LogP contribution in [0.4, 0.5) is 8.78 Å². The van der Waals surface area contributed by atoms with Crippen molar-refractivity contribution in [1.29, 1.82) is 0 Å². The Morgan fingerprint density at radius 2 is 1.90 bits per heavy atom. The van der Waals surface area contributed by atoms with Crippen LogP contribution in [0.1, 0.15) is 24.6 Å². The number of aromatic nitrogens is 1. The smallest absolute Gasteiger partial charge is 0.309 e. The Balaban J connectivity index is 2.36. The Hall–Kier alpha value is -2.24. The molecule has 0 spiro atoms. The van der Waals surface area contributed by atoms with Crippen LogP contribution >= 0.6 is 0 Å². The first-order valence-corrected chi connectivity index (χ1v) is 6.22. The largest absolute Gasteiger partial charge is 0.481 e. The number of hydrogen-bond donors (Lipinski definition) is 1. The van der Waals surface area contributed by atoms with Gasteiger partial charge in [-0.25, -0.2) is 8.78 Å². The van der Waals surface area contributed by atoms with Crippen molar-refractivity contribution in [2.45, 2.75) is 25.3 Å². The fourth-order valence-corrected chi connectivity index (χ4v) is 2.44. The molecule has 1 N–H and O–H groups in total. The molecule has 104 valence electrons. The molecule has 1 aromatic heterocycles. The van der Waals surface area contributed by atoms with E-state index in [0.717, 1.165) is 25.0 Å². The van der Waals surface area contributed by atoms with Gasteiger partial charge in [0.05, 0.1) is 11.9 Å². The number of fused-ring (bicyclic) bond motifs is 1. The summed E-state index contributed by atoms with van der Waals surface area (Å²) in [5.74, 6) is -3.19. The number of aliphatic carboxylic acids is 1. The molecule has 0 amide bonds. The van der Waals surface area contributed by atoms with Gasteiger partial charge in [-0.3, -0.25) is 9.59 Å². The third-order valence-electron chi connectivity index (χ3n) is 3.42. The van der Waals surface area contributed by atoms with Gasteiger partial charge in [0.25, 0.3) is 0 Å². The maximum Gasteiger partial charge on any atom is 0.309 e. The summed E-state index contributed by atoms with van der Waals surface area (Å²) >= 11 is 0. The molecule has 1 fully saturated rings. The number of carbonyl (C=O) groups is 1. The van der Waals surface area contributed by atoms with Crippen LogP contribution in [-0.4, -0.2) is 15.6 Å². The Labute approximate surface area is 112 Å². The minimum atomic E-state index is -1.08. The lowest BCUT2D eigenvalue weighted by atomic mass is 10.1.